The minimum Gasteiger partial charge on any atom is -0.485 e. The van der Waals surface area contributed by atoms with E-state index in [1.807, 2.05) is 6.92 Å². The smallest absolute Gasteiger partial charge is 0.252 e. The molecule has 2 aromatic heterocycles. The molecule has 0 atom stereocenters. The summed E-state index contributed by atoms with van der Waals surface area (Å²) in [6.07, 6.45) is 3.25. The second-order valence-corrected chi connectivity index (χ2v) is 8.44. The van der Waals surface area contributed by atoms with Crippen LogP contribution in [0.25, 0.3) is 21.7 Å². The van der Waals surface area contributed by atoms with E-state index >= 15 is 0 Å². The Labute approximate surface area is 204 Å². The first kappa shape index (κ1) is 22.4. The van der Waals surface area contributed by atoms with Gasteiger partial charge in [-0.1, -0.05) is 17.7 Å². The molecular weight excluding hydrogens is 468 g/mol. The molecule has 5 rings (SSSR count). The van der Waals surface area contributed by atoms with Crippen molar-refractivity contribution < 1.29 is 19.1 Å². The lowest BCUT2D eigenvalue weighted by Gasteiger charge is -2.11. The van der Waals surface area contributed by atoms with Crippen LogP contribution in [0.1, 0.15) is 26.3 Å². The van der Waals surface area contributed by atoms with Crippen LogP contribution in [0, 0.1) is 6.92 Å². The number of primary amides is 1. The van der Waals surface area contributed by atoms with Crippen molar-refractivity contribution in [3.05, 3.63) is 88.7 Å². The van der Waals surface area contributed by atoms with E-state index in [1.54, 1.807) is 67.0 Å². The zero-order valence-electron chi connectivity index (χ0n) is 18.5. The van der Waals surface area contributed by atoms with Crippen LogP contribution < -0.4 is 15.2 Å². The van der Waals surface area contributed by atoms with Crippen molar-refractivity contribution in [2.45, 2.75) is 6.92 Å². The van der Waals surface area contributed by atoms with Crippen molar-refractivity contribution in [3.63, 3.8) is 0 Å². The summed E-state index contributed by atoms with van der Waals surface area (Å²) in [6.45, 7) is 1.62. The zero-order chi connectivity index (χ0) is 24.5. The molecule has 8 nitrogen and oxygen atoms in total. The van der Waals surface area contributed by atoms with Crippen molar-refractivity contribution in [1.29, 1.82) is 0 Å². The van der Waals surface area contributed by atoms with Gasteiger partial charge < -0.3 is 20.2 Å². The van der Waals surface area contributed by atoms with Gasteiger partial charge in [-0.25, -0.2) is 0 Å². The molecule has 35 heavy (non-hydrogen) atoms. The molecule has 2 heterocycles. The predicted octanol–water partition coefficient (Wildman–Crippen LogP) is 5.23. The van der Waals surface area contributed by atoms with Crippen LogP contribution in [0.2, 0.25) is 5.02 Å². The number of nitrogens with two attached hydrogens (primary N) is 1. The number of ether oxygens (including phenoxy) is 2. The summed E-state index contributed by atoms with van der Waals surface area (Å²) in [5.41, 5.74) is 7.81. The first-order chi connectivity index (χ1) is 16.9. The summed E-state index contributed by atoms with van der Waals surface area (Å²) in [4.78, 5) is 28.0. The molecule has 174 valence electrons. The standard InChI is InChI=1S/C26H19ClN4O4/c1-14-6-25(31-30-11-14)35-18-4-5-19-21(12-29-22(19)10-18)23(32)13-34-24-9-15-2-3-17(27)7-16(15)8-20(24)26(28)33/h2-12,29H,13H2,1H3,(H2,28,33). The predicted molar refractivity (Wildman–Crippen MR) is 132 cm³/mol. The lowest BCUT2D eigenvalue weighted by Crippen LogP contribution is -2.16. The van der Waals surface area contributed by atoms with E-state index in [-0.39, 0.29) is 23.7 Å². The number of Topliss-reactive ketones (excluding diaryl/α,β-unsaturated/α-hetero) is 1. The molecule has 0 radical (unpaired) electrons. The number of nitrogens with zero attached hydrogens (tertiary/aromatic N) is 2. The first-order valence-corrected chi connectivity index (χ1v) is 11.0. The number of amides is 1. The van der Waals surface area contributed by atoms with Gasteiger partial charge in [0.1, 0.15) is 11.5 Å². The second-order valence-electron chi connectivity index (χ2n) is 8.00. The summed E-state index contributed by atoms with van der Waals surface area (Å²) in [5.74, 6) is 0.240. The van der Waals surface area contributed by atoms with E-state index < -0.39 is 5.91 Å². The lowest BCUT2D eigenvalue weighted by atomic mass is 10.1. The molecule has 0 aliphatic heterocycles. The second kappa shape index (κ2) is 9.08. The number of rotatable bonds is 7. The number of ketones is 1. The quantitative estimate of drug-likeness (QED) is 0.304. The molecule has 0 bridgehead atoms. The Bertz CT molecular complexity index is 1610. The fourth-order valence-corrected chi connectivity index (χ4v) is 3.97. The molecule has 3 aromatic carbocycles. The van der Waals surface area contributed by atoms with Gasteiger partial charge in [-0.05, 0) is 59.7 Å². The van der Waals surface area contributed by atoms with Crippen LogP contribution in [0.3, 0.4) is 0 Å². The van der Waals surface area contributed by atoms with E-state index in [0.717, 1.165) is 16.3 Å². The monoisotopic (exact) mass is 486 g/mol. The SMILES string of the molecule is Cc1cnnc(Oc2ccc3c(C(=O)COc4cc5ccc(Cl)cc5cc4C(N)=O)c[nH]c3c2)c1. The number of H-pyrrole nitrogens is 1. The third-order valence-corrected chi connectivity index (χ3v) is 5.70. The highest BCUT2D eigenvalue weighted by Crippen LogP contribution is 2.29. The highest BCUT2D eigenvalue weighted by molar-refractivity contribution is 6.31. The van der Waals surface area contributed by atoms with Gasteiger partial charge >= 0.3 is 0 Å². The summed E-state index contributed by atoms with van der Waals surface area (Å²) >= 11 is 6.05. The molecular formula is C26H19ClN4O4. The largest absolute Gasteiger partial charge is 0.485 e. The van der Waals surface area contributed by atoms with Gasteiger partial charge in [0.05, 0.1) is 11.8 Å². The summed E-state index contributed by atoms with van der Waals surface area (Å²) in [6, 6.07) is 15.6. The molecule has 0 saturated carbocycles. The number of aromatic nitrogens is 3. The maximum atomic E-state index is 13.0. The van der Waals surface area contributed by atoms with Gasteiger partial charge in [-0.2, -0.15) is 5.10 Å². The van der Waals surface area contributed by atoms with Crippen LogP contribution >= 0.6 is 11.6 Å². The Morgan fingerprint density at radius 2 is 1.89 bits per heavy atom. The van der Waals surface area contributed by atoms with E-state index in [9.17, 15) is 9.59 Å². The number of carbonyl (C=O) groups excluding carboxylic acids is 2. The summed E-state index contributed by atoms with van der Waals surface area (Å²) < 4.78 is 11.5. The van der Waals surface area contributed by atoms with E-state index in [4.69, 9.17) is 26.8 Å². The third kappa shape index (κ3) is 4.64. The van der Waals surface area contributed by atoms with Crippen molar-refractivity contribution >= 4 is 45.0 Å². The van der Waals surface area contributed by atoms with E-state index in [2.05, 4.69) is 15.2 Å². The van der Waals surface area contributed by atoms with Gasteiger partial charge in [0.2, 0.25) is 11.7 Å². The van der Waals surface area contributed by atoms with Crippen molar-refractivity contribution in [1.82, 2.24) is 15.2 Å². The lowest BCUT2D eigenvalue weighted by molar-refractivity contribution is 0.0914. The average molecular weight is 487 g/mol. The van der Waals surface area contributed by atoms with Crippen LogP contribution in [0.4, 0.5) is 0 Å². The number of aryl methyl sites for hydroxylation is 1. The topological polar surface area (TPSA) is 120 Å². The number of carbonyl (C=O) groups is 2. The molecule has 0 unspecified atom stereocenters. The molecule has 0 spiro atoms. The Morgan fingerprint density at radius 3 is 2.69 bits per heavy atom. The van der Waals surface area contributed by atoms with Gasteiger partial charge in [-0.3, -0.25) is 9.59 Å². The van der Waals surface area contributed by atoms with Gasteiger partial charge in [-0.15, -0.1) is 5.10 Å². The molecule has 3 N–H and O–H groups in total. The Balaban J connectivity index is 1.36. The maximum absolute atomic E-state index is 13.0. The zero-order valence-corrected chi connectivity index (χ0v) is 19.3. The van der Waals surface area contributed by atoms with Crippen molar-refractivity contribution in [3.8, 4) is 17.4 Å². The van der Waals surface area contributed by atoms with E-state index in [1.165, 1.54) is 0 Å². The Hall–Kier alpha value is -4.43. The average Bonchev–Trinajstić information content (AvgIpc) is 3.25. The number of hydrogen-bond acceptors (Lipinski definition) is 6. The molecule has 0 saturated heterocycles. The number of aromatic amines is 1. The maximum Gasteiger partial charge on any atom is 0.252 e. The van der Waals surface area contributed by atoms with Gasteiger partial charge in [0.15, 0.2) is 6.61 Å². The Morgan fingerprint density at radius 1 is 1.03 bits per heavy atom. The molecule has 1 amide bonds. The van der Waals surface area contributed by atoms with Crippen LogP contribution in [0.15, 0.2) is 67.0 Å². The highest BCUT2D eigenvalue weighted by Gasteiger charge is 2.17. The number of fused-ring (bicyclic) bond motifs is 2. The number of halogens is 1. The number of nitrogens with one attached hydrogen (secondary N) is 1. The van der Waals surface area contributed by atoms with Crippen LogP contribution in [-0.4, -0.2) is 33.5 Å². The molecule has 0 aliphatic rings. The molecule has 5 aromatic rings. The normalized spacial score (nSPS) is 11.0. The van der Waals surface area contributed by atoms with Gasteiger partial charge in [0, 0.05) is 39.8 Å². The van der Waals surface area contributed by atoms with Gasteiger partial charge in [0.25, 0.3) is 5.91 Å². The fourth-order valence-electron chi connectivity index (χ4n) is 3.79. The fraction of sp³-hybridized carbons (Fsp3) is 0.0769. The van der Waals surface area contributed by atoms with E-state index in [0.29, 0.717) is 33.1 Å². The number of benzene rings is 3. The molecule has 0 aliphatic carbocycles. The van der Waals surface area contributed by atoms with Crippen LogP contribution in [0.5, 0.6) is 17.4 Å². The van der Waals surface area contributed by atoms with Crippen molar-refractivity contribution in [2.75, 3.05) is 6.61 Å². The molecule has 0 fully saturated rings. The van der Waals surface area contributed by atoms with Crippen molar-refractivity contribution in [2.24, 2.45) is 5.73 Å². The Kier molecular flexibility index (Phi) is 5.80. The minimum absolute atomic E-state index is 0.174. The summed E-state index contributed by atoms with van der Waals surface area (Å²) in [5, 5.41) is 10.6. The third-order valence-electron chi connectivity index (χ3n) is 5.47. The van der Waals surface area contributed by atoms with Crippen LogP contribution in [-0.2, 0) is 0 Å². The summed E-state index contributed by atoms with van der Waals surface area (Å²) in [7, 11) is 0. The minimum atomic E-state index is -0.660. The molecule has 9 heteroatoms. The highest BCUT2D eigenvalue weighted by atomic mass is 35.5. The first-order valence-electron chi connectivity index (χ1n) is 10.6. The number of hydrogen-bond donors (Lipinski definition) is 2.